The third kappa shape index (κ3) is 4.83. The highest BCUT2D eigenvalue weighted by Gasteiger charge is 2.35. The average molecular weight is 391 g/mol. The topological polar surface area (TPSA) is 58.5 Å². The van der Waals surface area contributed by atoms with Gasteiger partial charge in [-0.05, 0) is 40.8 Å². The van der Waals surface area contributed by atoms with Crippen molar-refractivity contribution in [3.8, 4) is 0 Å². The SMILES string of the molecule is O=NC(NC(=O)Cc1ccccc1)C(CC1CC1)c1c(Cl)cccc1Cl. The van der Waals surface area contributed by atoms with Crippen molar-refractivity contribution >= 4 is 29.1 Å². The first-order chi connectivity index (χ1) is 12.6. The van der Waals surface area contributed by atoms with Crippen molar-refractivity contribution in [3.05, 3.63) is 74.6 Å². The van der Waals surface area contributed by atoms with Gasteiger partial charge in [0.1, 0.15) is 0 Å². The van der Waals surface area contributed by atoms with Crippen molar-refractivity contribution in [1.82, 2.24) is 5.32 Å². The van der Waals surface area contributed by atoms with E-state index >= 15 is 0 Å². The molecule has 1 amide bonds. The van der Waals surface area contributed by atoms with Crippen molar-refractivity contribution in [2.75, 3.05) is 0 Å². The molecule has 1 N–H and O–H groups in total. The van der Waals surface area contributed by atoms with E-state index in [2.05, 4.69) is 10.5 Å². The normalized spacial score (nSPS) is 15.9. The molecule has 2 unspecified atom stereocenters. The van der Waals surface area contributed by atoms with Gasteiger partial charge in [-0.1, -0.05) is 72.4 Å². The standard InChI is InChI=1S/C20H20Cl2N2O2/c21-16-7-4-8-17(22)19(16)15(11-14-9-10-14)20(24-26)23-18(25)12-13-5-2-1-3-6-13/h1-8,14-15,20H,9-12H2,(H,23,25). The Morgan fingerprint density at radius 2 is 1.73 bits per heavy atom. The predicted octanol–water partition coefficient (Wildman–Crippen LogP) is 5.33. The number of hydrogen-bond acceptors (Lipinski definition) is 3. The molecule has 0 saturated heterocycles. The minimum atomic E-state index is -0.899. The van der Waals surface area contributed by atoms with Crippen LogP contribution < -0.4 is 5.32 Å². The molecule has 0 aromatic heterocycles. The van der Waals surface area contributed by atoms with Gasteiger partial charge in [0.25, 0.3) is 0 Å². The van der Waals surface area contributed by atoms with Crippen LogP contribution in [-0.2, 0) is 11.2 Å². The molecule has 2 aromatic rings. The zero-order chi connectivity index (χ0) is 18.5. The number of carbonyl (C=O) groups is 1. The third-order valence-electron chi connectivity index (χ3n) is 4.67. The van der Waals surface area contributed by atoms with Crippen LogP contribution in [-0.4, -0.2) is 12.1 Å². The van der Waals surface area contributed by atoms with Crippen LogP contribution in [0, 0.1) is 10.8 Å². The van der Waals surface area contributed by atoms with Crippen LogP contribution >= 0.6 is 23.2 Å². The van der Waals surface area contributed by atoms with Gasteiger partial charge >= 0.3 is 0 Å². The Balaban J connectivity index is 1.79. The van der Waals surface area contributed by atoms with Gasteiger partial charge in [-0.25, -0.2) is 0 Å². The van der Waals surface area contributed by atoms with E-state index in [0.717, 1.165) is 24.8 Å². The van der Waals surface area contributed by atoms with E-state index in [1.165, 1.54) is 0 Å². The van der Waals surface area contributed by atoms with Crippen molar-refractivity contribution in [2.24, 2.45) is 11.1 Å². The second kappa shape index (κ2) is 8.65. The zero-order valence-corrected chi connectivity index (χ0v) is 15.7. The molecule has 26 heavy (non-hydrogen) atoms. The second-order valence-corrected chi connectivity index (χ2v) is 7.52. The highest BCUT2D eigenvalue weighted by Crippen LogP contribution is 2.44. The lowest BCUT2D eigenvalue weighted by molar-refractivity contribution is -0.121. The lowest BCUT2D eigenvalue weighted by Crippen LogP contribution is -2.39. The lowest BCUT2D eigenvalue weighted by atomic mass is 9.90. The van der Waals surface area contributed by atoms with Crippen molar-refractivity contribution in [2.45, 2.75) is 37.8 Å². The van der Waals surface area contributed by atoms with Crippen LogP contribution in [0.2, 0.25) is 10.0 Å². The maximum Gasteiger partial charge on any atom is 0.226 e. The summed E-state index contributed by atoms with van der Waals surface area (Å²) in [5, 5.41) is 6.97. The first-order valence-electron chi connectivity index (χ1n) is 8.68. The maximum absolute atomic E-state index is 12.4. The monoisotopic (exact) mass is 390 g/mol. The van der Waals surface area contributed by atoms with Crippen LogP contribution in [0.5, 0.6) is 0 Å². The molecule has 0 spiro atoms. The molecule has 0 radical (unpaired) electrons. The van der Waals surface area contributed by atoms with Gasteiger partial charge in [0.05, 0.1) is 6.42 Å². The Morgan fingerprint density at radius 3 is 2.31 bits per heavy atom. The predicted molar refractivity (Wildman–Crippen MR) is 104 cm³/mol. The fourth-order valence-electron chi connectivity index (χ4n) is 3.18. The maximum atomic E-state index is 12.4. The quantitative estimate of drug-likeness (QED) is 0.619. The number of nitroso groups, excluding NO2 is 1. The van der Waals surface area contributed by atoms with Crippen molar-refractivity contribution < 1.29 is 4.79 Å². The number of amides is 1. The third-order valence-corrected chi connectivity index (χ3v) is 5.32. The first kappa shape index (κ1) is 18.9. The van der Waals surface area contributed by atoms with Crippen LogP contribution in [0.1, 0.15) is 36.3 Å². The summed E-state index contributed by atoms with van der Waals surface area (Å²) in [6.07, 6.45) is 2.25. The molecule has 2 aromatic carbocycles. The molecule has 4 nitrogen and oxygen atoms in total. The smallest absolute Gasteiger partial charge is 0.226 e. The van der Waals surface area contributed by atoms with Crippen LogP contribution in [0.15, 0.2) is 53.7 Å². The molecule has 0 bridgehead atoms. The second-order valence-electron chi connectivity index (χ2n) is 6.70. The molecule has 2 atom stereocenters. The number of nitrogens with zero attached hydrogens (tertiary/aromatic N) is 1. The number of benzene rings is 2. The molecule has 6 heteroatoms. The molecule has 1 saturated carbocycles. The average Bonchev–Trinajstić information content (AvgIpc) is 3.44. The van der Waals surface area contributed by atoms with Crippen molar-refractivity contribution in [1.29, 1.82) is 0 Å². The minimum absolute atomic E-state index is 0.194. The van der Waals surface area contributed by atoms with Crippen LogP contribution in [0.3, 0.4) is 0 Å². The number of carbonyl (C=O) groups excluding carboxylic acids is 1. The van der Waals surface area contributed by atoms with E-state index in [1.54, 1.807) is 18.2 Å². The highest BCUT2D eigenvalue weighted by atomic mass is 35.5. The number of hydrogen-bond donors (Lipinski definition) is 1. The van der Waals surface area contributed by atoms with E-state index in [4.69, 9.17) is 23.2 Å². The molecule has 3 rings (SSSR count). The number of rotatable bonds is 8. The molecule has 0 heterocycles. The van der Waals surface area contributed by atoms with E-state index in [9.17, 15) is 9.70 Å². The Kier molecular flexibility index (Phi) is 6.28. The Hall–Kier alpha value is -1.91. The summed E-state index contributed by atoms with van der Waals surface area (Å²) in [6.45, 7) is 0. The van der Waals surface area contributed by atoms with Gasteiger partial charge in [0.2, 0.25) is 5.91 Å². The molecular weight excluding hydrogens is 371 g/mol. The summed E-state index contributed by atoms with van der Waals surface area (Å²) in [7, 11) is 0. The van der Waals surface area contributed by atoms with Gasteiger partial charge in [0, 0.05) is 16.0 Å². The summed E-state index contributed by atoms with van der Waals surface area (Å²) in [5.74, 6) is -0.0617. The number of nitrogens with one attached hydrogen (secondary N) is 1. The summed E-state index contributed by atoms with van der Waals surface area (Å²) >= 11 is 12.7. The van der Waals surface area contributed by atoms with Gasteiger partial charge in [0.15, 0.2) is 6.17 Å². The Morgan fingerprint density at radius 1 is 1.08 bits per heavy atom. The van der Waals surface area contributed by atoms with Gasteiger partial charge in [-0.2, -0.15) is 0 Å². The molecule has 1 fully saturated rings. The van der Waals surface area contributed by atoms with Crippen LogP contribution in [0.4, 0.5) is 0 Å². The minimum Gasteiger partial charge on any atom is -0.331 e. The summed E-state index contributed by atoms with van der Waals surface area (Å²) in [4.78, 5) is 24.0. The molecule has 0 aliphatic heterocycles. The van der Waals surface area contributed by atoms with Gasteiger partial charge in [-0.15, -0.1) is 4.91 Å². The first-order valence-corrected chi connectivity index (χ1v) is 9.43. The number of halogens is 2. The summed E-state index contributed by atoms with van der Waals surface area (Å²) in [5.41, 5.74) is 1.57. The van der Waals surface area contributed by atoms with Gasteiger partial charge in [-0.3, -0.25) is 4.79 Å². The lowest BCUT2D eigenvalue weighted by Gasteiger charge is -2.25. The Bertz CT molecular complexity index is 758. The van der Waals surface area contributed by atoms with Crippen LogP contribution in [0.25, 0.3) is 0 Å². The highest BCUT2D eigenvalue weighted by molar-refractivity contribution is 6.36. The van der Waals surface area contributed by atoms with Crippen molar-refractivity contribution in [3.63, 3.8) is 0 Å². The summed E-state index contributed by atoms with van der Waals surface area (Å²) in [6, 6.07) is 14.6. The Labute approximate surface area is 162 Å². The molecular formula is C20H20Cl2N2O2. The fourth-order valence-corrected chi connectivity index (χ4v) is 3.86. The summed E-state index contributed by atoms with van der Waals surface area (Å²) < 4.78 is 0. The van der Waals surface area contributed by atoms with E-state index in [-0.39, 0.29) is 18.2 Å². The largest absolute Gasteiger partial charge is 0.331 e. The van der Waals surface area contributed by atoms with E-state index in [0.29, 0.717) is 21.5 Å². The van der Waals surface area contributed by atoms with E-state index in [1.807, 2.05) is 30.3 Å². The van der Waals surface area contributed by atoms with Gasteiger partial charge < -0.3 is 5.32 Å². The van der Waals surface area contributed by atoms with E-state index < -0.39 is 6.17 Å². The fraction of sp³-hybridized carbons (Fsp3) is 0.350. The zero-order valence-electron chi connectivity index (χ0n) is 14.2. The molecule has 1 aliphatic rings. The molecule has 1 aliphatic carbocycles. The molecule has 136 valence electrons.